The largest absolute Gasteiger partial charge is 0.493 e. The van der Waals surface area contributed by atoms with Crippen LogP contribution in [0.1, 0.15) is 38.8 Å². The molecule has 0 saturated carbocycles. The smallest absolute Gasteiger partial charge is 0.220 e. The van der Waals surface area contributed by atoms with Gasteiger partial charge in [0, 0.05) is 0 Å². The molecular weight excluding hydrogens is 377 g/mol. The van der Waals surface area contributed by atoms with Crippen LogP contribution in [0.4, 0.5) is 10.3 Å². The van der Waals surface area contributed by atoms with Crippen LogP contribution >= 0.6 is 0 Å². The molecule has 0 amide bonds. The fourth-order valence-corrected chi connectivity index (χ4v) is 3.02. The first-order chi connectivity index (χ1) is 13.8. The fraction of sp³-hybridized carbons (Fsp3) is 0.474. The lowest BCUT2D eigenvalue weighted by atomic mass is 10.0. The minimum atomic E-state index is -1.25. The molecule has 0 bridgehead atoms. The highest BCUT2D eigenvalue weighted by atomic mass is 19.1. The molecule has 0 aromatic carbocycles. The van der Waals surface area contributed by atoms with E-state index in [9.17, 15) is 9.50 Å². The molecule has 0 aliphatic carbocycles. The molecule has 1 saturated heterocycles. The van der Waals surface area contributed by atoms with Crippen LogP contribution < -0.4 is 15.8 Å². The molecule has 156 valence electrons. The summed E-state index contributed by atoms with van der Waals surface area (Å²) in [6.07, 6.45) is 8.18. The maximum Gasteiger partial charge on any atom is 0.220 e. The second kappa shape index (κ2) is 8.66. The minimum Gasteiger partial charge on any atom is -0.493 e. The van der Waals surface area contributed by atoms with Crippen molar-refractivity contribution in [2.24, 2.45) is 0 Å². The third-order valence-corrected chi connectivity index (χ3v) is 4.48. The summed E-state index contributed by atoms with van der Waals surface area (Å²) in [7, 11) is 1.47. The lowest BCUT2D eigenvalue weighted by molar-refractivity contribution is 0.0707. The van der Waals surface area contributed by atoms with E-state index in [1.54, 1.807) is 20.0 Å². The summed E-state index contributed by atoms with van der Waals surface area (Å²) in [5.74, 6) is -0.337. The van der Waals surface area contributed by atoms with Gasteiger partial charge in [-0.05, 0) is 39.8 Å². The van der Waals surface area contributed by atoms with Gasteiger partial charge in [-0.3, -0.25) is 0 Å². The average molecular weight is 403 g/mol. The van der Waals surface area contributed by atoms with Gasteiger partial charge >= 0.3 is 0 Å². The van der Waals surface area contributed by atoms with E-state index in [1.165, 1.54) is 50.2 Å². The topological polar surface area (TPSA) is 123 Å². The number of fused-ring (bicyclic) bond motifs is 1. The lowest BCUT2D eigenvalue weighted by Gasteiger charge is -2.19. The number of aromatic nitrogens is 5. The van der Waals surface area contributed by atoms with Gasteiger partial charge in [-0.25, -0.2) is 23.9 Å². The SMILES string of the molecule is C1CCNCC1.COc1cn2ncc(-c3nc(N)ncc3F)c2nc1C(C)(C)O. The van der Waals surface area contributed by atoms with Crippen molar-refractivity contribution in [1.82, 2.24) is 29.9 Å². The highest BCUT2D eigenvalue weighted by Crippen LogP contribution is 2.31. The molecule has 0 radical (unpaired) electrons. The van der Waals surface area contributed by atoms with Crippen LogP contribution in [0.15, 0.2) is 18.6 Å². The Kier molecular flexibility index (Phi) is 6.23. The van der Waals surface area contributed by atoms with Gasteiger partial charge in [0.15, 0.2) is 17.2 Å². The normalized spacial score (nSPS) is 14.4. The number of rotatable bonds is 3. The zero-order valence-corrected chi connectivity index (χ0v) is 16.8. The van der Waals surface area contributed by atoms with Gasteiger partial charge in [0.05, 0.1) is 31.3 Å². The van der Waals surface area contributed by atoms with E-state index in [2.05, 4.69) is 25.4 Å². The second-order valence-corrected chi connectivity index (χ2v) is 7.28. The highest BCUT2D eigenvalue weighted by molar-refractivity contribution is 5.75. The number of nitrogen functional groups attached to an aromatic ring is 1. The third kappa shape index (κ3) is 4.77. The molecule has 0 spiro atoms. The van der Waals surface area contributed by atoms with Crippen LogP contribution in [0.25, 0.3) is 16.9 Å². The van der Waals surface area contributed by atoms with E-state index in [4.69, 9.17) is 10.5 Å². The number of nitrogens with zero attached hydrogens (tertiary/aromatic N) is 5. The zero-order valence-electron chi connectivity index (χ0n) is 16.8. The average Bonchev–Trinajstić information content (AvgIpc) is 3.13. The summed E-state index contributed by atoms with van der Waals surface area (Å²) < 4.78 is 20.7. The number of methoxy groups -OCH3 is 1. The summed E-state index contributed by atoms with van der Waals surface area (Å²) in [4.78, 5) is 11.9. The molecule has 4 N–H and O–H groups in total. The Balaban J connectivity index is 0.000000343. The number of hydrogen-bond acceptors (Lipinski definition) is 8. The number of piperidine rings is 1. The van der Waals surface area contributed by atoms with Gasteiger partial charge in [0.2, 0.25) is 5.95 Å². The molecule has 10 heteroatoms. The first-order valence-corrected chi connectivity index (χ1v) is 9.45. The van der Waals surface area contributed by atoms with Crippen molar-refractivity contribution in [1.29, 1.82) is 0 Å². The Morgan fingerprint density at radius 3 is 2.48 bits per heavy atom. The molecule has 1 aliphatic heterocycles. The maximum absolute atomic E-state index is 14.0. The maximum atomic E-state index is 14.0. The van der Waals surface area contributed by atoms with Crippen molar-refractivity contribution in [3.8, 4) is 17.0 Å². The molecule has 3 aromatic rings. The van der Waals surface area contributed by atoms with Crippen LogP contribution in [0, 0.1) is 5.82 Å². The van der Waals surface area contributed by atoms with Gasteiger partial charge in [0.25, 0.3) is 0 Å². The van der Waals surface area contributed by atoms with E-state index in [0.717, 1.165) is 6.20 Å². The summed E-state index contributed by atoms with van der Waals surface area (Å²) in [6.45, 7) is 5.65. The molecule has 4 rings (SSSR count). The minimum absolute atomic E-state index is 0.00753. The molecule has 1 aliphatic rings. The van der Waals surface area contributed by atoms with Crippen molar-refractivity contribution in [3.05, 3.63) is 30.1 Å². The predicted molar refractivity (Wildman–Crippen MR) is 107 cm³/mol. The van der Waals surface area contributed by atoms with Crippen LogP contribution in [0.5, 0.6) is 5.75 Å². The van der Waals surface area contributed by atoms with Crippen LogP contribution in [0.2, 0.25) is 0 Å². The third-order valence-electron chi connectivity index (χ3n) is 4.48. The fourth-order valence-electron chi connectivity index (χ4n) is 3.02. The number of nitrogens with one attached hydrogen (secondary N) is 1. The first-order valence-electron chi connectivity index (χ1n) is 9.45. The highest BCUT2D eigenvalue weighted by Gasteiger charge is 2.26. The van der Waals surface area contributed by atoms with Crippen molar-refractivity contribution in [3.63, 3.8) is 0 Å². The number of aliphatic hydroxyl groups is 1. The Morgan fingerprint density at radius 1 is 1.21 bits per heavy atom. The second-order valence-electron chi connectivity index (χ2n) is 7.28. The Hall–Kier alpha value is -2.85. The van der Waals surface area contributed by atoms with E-state index in [0.29, 0.717) is 22.7 Å². The van der Waals surface area contributed by atoms with Crippen molar-refractivity contribution >= 4 is 11.6 Å². The number of ether oxygens (including phenoxy) is 1. The standard InChI is InChI=1S/C14H15FN6O2.C5H11N/c1-14(2,22)11-9(23-3)6-21-12(20-11)7(4-18-21)10-8(15)5-17-13(16)19-10;1-2-4-6-5-3-1/h4-6,22H,1-3H3,(H2,16,17,19);6H,1-5H2. The molecule has 1 fully saturated rings. The summed E-state index contributed by atoms with van der Waals surface area (Å²) in [5.41, 5.74) is 5.23. The van der Waals surface area contributed by atoms with Gasteiger partial charge in [-0.15, -0.1) is 0 Å². The Labute approximate surface area is 168 Å². The lowest BCUT2D eigenvalue weighted by Crippen LogP contribution is -2.21. The van der Waals surface area contributed by atoms with E-state index in [-0.39, 0.29) is 11.6 Å². The molecular formula is C19H26FN7O2. The summed E-state index contributed by atoms with van der Waals surface area (Å²) in [6, 6.07) is 0. The molecule has 29 heavy (non-hydrogen) atoms. The predicted octanol–water partition coefficient (Wildman–Crippen LogP) is 1.90. The van der Waals surface area contributed by atoms with Gasteiger partial charge in [0.1, 0.15) is 17.0 Å². The van der Waals surface area contributed by atoms with Crippen molar-refractivity contribution < 1.29 is 14.2 Å². The Bertz CT molecular complexity index is 969. The Morgan fingerprint density at radius 2 is 1.93 bits per heavy atom. The van der Waals surface area contributed by atoms with Gasteiger partial charge in [-0.1, -0.05) is 6.42 Å². The quantitative estimate of drug-likeness (QED) is 0.606. The molecule has 4 heterocycles. The van der Waals surface area contributed by atoms with Crippen LogP contribution in [-0.2, 0) is 5.60 Å². The van der Waals surface area contributed by atoms with E-state index >= 15 is 0 Å². The van der Waals surface area contributed by atoms with E-state index in [1.807, 2.05) is 0 Å². The number of halogens is 1. The number of anilines is 1. The molecule has 9 nitrogen and oxygen atoms in total. The zero-order chi connectivity index (χ0) is 21.0. The monoisotopic (exact) mass is 403 g/mol. The van der Waals surface area contributed by atoms with Crippen LogP contribution in [-0.4, -0.2) is 49.9 Å². The molecule has 3 aromatic heterocycles. The van der Waals surface area contributed by atoms with Gasteiger partial charge in [-0.2, -0.15) is 5.10 Å². The van der Waals surface area contributed by atoms with E-state index < -0.39 is 11.4 Å². The summed E-state index contributed by atoms with van der Waals surface area (Å²) >= 11 is 0. The van der Waals surface area contributed by atoms with Crippen LogP contribution in [0.3, 0.4) is 0 Å². The van der Waals surface area contributed by atoms with Crippen molar-refractivity contribution in [2.75, 3.05) is 25.9 Å². The summed E-state index contributed by atoms with van der Waals surface area (Å²) in [5, 5.41) is 17.7. The number of nitrogens with two attached hydrogens (primary N) is 1. The number of hydrogen-bond donors (Lipinski definition) is 3. The first kappa shape index (κ1) is 20.9. The molecule has 0 unspecified atom stereocenters. The van der Waals surface area contributed by atoms with Gasteiger partial charge < -0.3 is 20.9 Å². The molecule has 0 atom stereocenters. The van der Waals surface area contributed by atoms with Crippen molar-refractivity contribution in [2.45, 2.75) is 38.7 Å².